The third-order valence-corrected chi connectivity index (χ3v) is 3.44. The molecule has 0 saturated carbocycles. The molecule has 0 saturated heterocycles. The van der Waals surface area contributed by atoms with Crippen LogP contribution in [0.1, 0.15) is 24.8 Å². The highest BCUT2D eigenvalue weighted by Crippen LogP contribution is 2.26. The van der Waals surface area contributed by atoms with Crippen LogP contribution in [0.5, 0.6) is 0 Å². The topological polar surface area (TPSA) is 17.1 Å². The number of carbonyl (C=O) groups is 1. The summed E-state index contributed by atoms with van der Waals surface area (Å²) >= 11 is 3.03. The van der Waals surface area contributed by atoms with Crippen molar-refractivity contribution in [3.8, 4) is 0 Å². The number of hydrogen-bond donors (Lipinski definition) is 0. The van der Waals surface area contributed by atoms with Crippen LogP contribution in [0.25, 0.3) is 0 Å². The Bertz CT molecular complexity index is 494. The van der Waals surface area contributed by atoms with E-state index in [0.717, 1.165) is 18.4 Å². The van der Waals surface area contributed by atoms with Gasteiger partial charge in [0.15, 0.2) is 5.78 Å². The number of hydrogen-bond acceptors (Lipinski definition) is 1. The van der Waals surface area contributed by atoms with Crippen molar-refractivity contribution in [1.29, 1.82) is 0 Å². The van der Waals surface area contributed by atoms with Crippen LogP contribution in [0.3, 0.4) is 0 Å². The second kappa shape index (κ2) is 5.08. The van der Waals surface area contributed by atoms with Crippen LogP contribution in [0.4, 0.5) is 8.78 Å². The molecule has 0 spiro atoms. The van der Waals surface area contributed by atoms with E-state index in [2.05, 4.69) is 15.9 Å². The zero-order valence-corrected chi connectivity index (χ0v) is 10.7. The van der Waals surface area contributed by atoms with Gasteiger partial charge in [-0.15, -0.1) is 0 Å². The summed E-state index contributed by atoms with van der Waals surface area (Å²) in [5, 5.41) is 0. The number of carbonyl (C=O) groups excluding carboxylic acids is 1. The largest absolute Gasteiger partial charge is 0.295 e. The Morgan fingerprint density at radius 1 is 1.24 bits per heavy atom. The van der Waals surface area contributed by atoms with E-state index in [1.807, 2.05) is 0 Å². The van der Waals surface area contributed by atoms with Gasteiger partial charge in [-0.2, -0.15) is 0 Å². The van der Waals surface area contributed by atoms with E-state index in [0.29, 0.717) is 6.42 Å². The second-order valence-corrected chi connectivity index (χ2v) is 4.98. The zero-order valence-electron chi connectivity index (χ0n) is 9.10. The molecule has 1 aliphatic rings. The Hall–Kier alpha value is -1.03. The lowest BCUT2D eigenvalue weighted by Gasteiger charge is -2.13. The van der Waals surface area contributed by atoms with Gasteiger partial charge in [0.1, 0.15) is 11.6 Å². The average Bonchev–Trinajstić information content (AvgIpc) is 2.30. The van der Waals surface area contributed by atoms with E-state index in [-0.39, 0.29) is 22.2 Å². The molecule has 2 rings (SSSR count). The average molecular weight is 301 g/mol. The highest BCUT2D eigenvalue weighted by molar-refractivity contribution is 9.10. The maximum Gasteiger partial charge on any atom is 0.155 e. The summed E-state index contributed by atoms with van der Waals surface area (Å²) in [4.78, 5) is 11.2. The Morgan fingerprint density at radius 3 is 2.71 bits per heavy atom. The predicted octanol–water partition coefficient (Wildman–Crippen LogP) is 3.95. The molecule has 0 aromatic heterocycles. The molecule has 1 aromatic rings. The first-order valence-corrected chi connectivity index (χ1v) is 6.22. The van der Waals surface area contributed by atoms with E-state index < -0.39 is 11.6 Å². The summed E-state index contributed by atoms with van der Waals surface area (Å²) in [7, 11) is 0. The van der Waals surface area contributed by atoms with Crippen molar-refractivity contribution < 1.29 is 13.6 Å². The maximum absolute atomic E-state index is 13.7. The monoisotopic (exact) mass is 300 g/mol. The van der Waals surface area contributed by atoms with Crippen LogP contribution in [0, 0.1) is 11.6 Å². The molecule has 0 aliphatic heterocycles. The van der Waals surface area contributed by atoms with E-state index in [9.17, 15) is 13.6 Å². The van der Waals surface area contributed by atoms with Crippen LogP contribution in [0.15, 0.2) is 28.3 Å². The van der Waals surface area contributed by atoms with Crippen LogP contribution in [-0.2, 0) is 11.2 Å². The van der Waals surface area contributed by atoms with Gasteiger partial charge in [-0.25, -0.2) is 8.78 Å². The molecular weight excluding hydrogens is 290 g/mol. The molecule has 1 nitrogen and oxygen atoms in total. The lowest BCUT2D eigenvalue weighted by atomic mass is 9.93. The molecular formula is C13H11BrF2O. The standard InChI is InChI=1S/C13H11BrF2O/c14-11-4-5-12(15)10(13(11)16)7-8-2-1-3-9(17)6-8/h4-6H,1-3,7H2. The molecule has 90 valence electrons. The molecule has 0 atom stereocenters. The summed E-state index contributed by atoms with van der Waals surface area (Å²) in [6.07, 6.45) is 3.72. The summed E-state index contributed by atoms with van der Waals surface area (Å²) in [6, 6.07) is 2.57. The molecule has 0 radical (unpaired) electrons. The van der Waals surface area contributed by atoms with Crippen molar-refractivity contribution >= 4 is 21.7 Å². The van der Waals surface area contributed by atoms with E-state index in [1.165, 1.54) is 18.2 Å². The van der Waals surface area contributed by atoms with Gasteiger partial charge in [0, 0.05) is 12.0 Å². The van der Waals surface area contributed by atoms with Crippen LogP contribution in [0.2, 0.25) is 0 Å². The SMILES string of the molecule is O=C1C=C(Cc2c(F)ccc(Br)c2F)CCC1. The Balaban J connectivity index is 2.30. The molecule has 17 heavy (non-hydrogen) atoms. The molecule has 0 unspecified atom stereocenters. The summed E-state index contributed by atoms with van der Waals surface area (Å²) < 4.78 is 27.5. The quantitative estimate of drug-likeness (QED) is 0.756. The highest BCUT2D eigenvalue weighted by atomic mass is 79.9. The van der Waals surface area contributed by atoms with E-state index in [1.54, 1.807) is 0 Å². The van der Waals surface area contributed by atoms with Crippen molar-refractivity contribution in [3.05, 3.63) is 45.5 Å². The van der Waals surface area contributed by atoms with Gasteiger partial charge in [0.05, 0.1) is 4.47 Å². The summed E-state index contributed by atoms with van der Waals surface area (Å²) in [6.45, 7) is 0. The van der Waals surface area contributed by atoms with E-state index >= 15 is 0 Å². The van der Waals surface area contributed by atoms with Crippen molar-refractivity contribution in [3.63, 3.8) is 0 Å². The third kappa shape index (κ3) is 2.80. The zero-order chi connectivity index (χ0) is 12.4. The smallest absolute Gasteiger partial charge is 0.155 e. The predicted molar refractivity (Wildman–Crippen MR) is 64.7 cm³/mol. The van der Waals surface area contributed by atoms with Crippen molar-refractivity contribution in [2.45, 2.75) is 25.7 Å². The minimum absolute atomic E-state index is 0.0281. The molecule has 0 heterocycles. The lowest BCUT2D eigenvalue weighted by molar-refractivity contribution is -0.115. The molecule has 0 N–H and O–H groups in total. The fourth-order valence-electron chi connectivity index (χ4n) is 1.96. The van der Waals surface area contributed by atoms with Gasteiger partial charge in [-0.1, -0.05) is 5.57 Å². The minimum atomic E-state index is -0.580. The first-order chi connectivity index (χ1) is 8.08. The number of ketones is 1. The number of halogens is 3. The van der Waals surface area contributed by atoms with Gasteiger partial charge >= 0.3 is 0 Å². The number of allylic oxidation sites excluding steroid dienone is 2. The van der Waals surface area contributed by atoms with Crippen molar-refractivity contribution in [1.82, 2.24) is 0 Å². The molecule has 0 fully saturated rings. The summed E-state index contributed by atoms with van der Waals surface area (Å²) in [5.74, 6) is -1.10. The number of rotatable bonds is 2. The Labute approximate surface area is 107 Å². The van der Waals surface area contributed by atoms with Gasteiger partial charge in [-0.05, 0) is 53.4 Å². The maximum atomic E-state index is 13.7. The Morgan fingerprint density at radius 2 is 2.00 bits per heavy atom. The highest BCUT2D eigenvalue weighted by Gasteiger charge is 2.16. The first-order valence-electron chi connectivity index (χ1n) is 5.42. The fraction of sp³-hybridized carbons (Fsp3) is 0.308. The second-order valence-electron chi connectivity index (χ2n) is 4.12. The van der Waals surface area contributed by atoms with E-state index in [4.69, 9.17) is 0 Å². The van der Waals surface area contributed by atoms with Crippen LogP contribution < -0.4 is 0 Å². The van der Waals surface area contributed by atoms with Gasteiger partial charge in [-0.3, -0.25) is 4.79 Å². The normalized spacial score (nSPS) is 15.9. The molecule has 0 bridgehead atoms. The van der Waals surface area contributed by atoms with Crippen LogP contribution >= 0.6 is 15.9 Å². The fourth-order valence-corrected chi connectivity index (χ4v) is 2.33. The molecule has 1 aliphatic carbocycles. The first kappa shape index (κ1) is 12.4. The molecule has 1 aromatic carbocycles. The van der Waals surface area contributed by atoms with Crippen molar-refractivity contribution in [2.75, 3.05) is 0 Å². The number of benzene rings is 1. The molecule has 0 amide bonds. The summed E-state index contributed by atoms with van der Waals surface area (Å²) in [5.41, 5.74) is 0.831. The van der Waals surface area contributed by atoms with Gasteiger partial charge in [0.2, 0.25) is 0 Å². The third-order valence-electron chi connectivity index (χ3n) is 2.83. The van der Waals surface area contributed by atoms with Crippen molar-refractivity contribution in [2.24, 2.45) is 0 Å². The minimum Gasteiger partial charge on any atom is -0.295 e. The Kier molecular flexibility index (Phi) is 3.72. The molecule has 4 heteroatoms. The van der Waals surface area contributed by atoms with Gasteiger partial charge in [0.25, 0.3) is 0 Å². The lowest BCUT2D eigenvalue weighted by Crippen LogP contribution is -2.07. The van der Waals surface area contributed by atoms with Gasteiger partial charge < -0.3 is 0 Å². The van der Waals surface area contributed by atoms with Crippen LogP contribution in [-0.4, -0.2) is 5.78 Å².